The molecule has 1 aromatic heterocycles. The summed E-state index contributed by atoms with van der Waals surface area (Å²) in [5.41, 5.74) is 2.38. The van der Waals surface area contributed by atoms with E-state index in [9.17, 15) is 4.79 Å². The van der Waals surface area contributed by atoms with Gasteiger partial charge in [-0.2, -0.15) is 0 Å². The molecule has 0 saturated heterocycles. The Balaban J connectivity index is 1.84. The number of hydrogen-bond acceptors (Lipinski definition) is 2. The van der Waals surface area contributed by atoms with Gasteiger partial charge in [0.15, 0.2) is 0 Å². The minimum Gasteiger partial charge on any atom is -0.311 e. The number of hydrogen-bond donors (Lipinski definition) is 0. The summed E-state index contributed by atoms with van der Waals surface area (Å²) in [5.74, 6) is 0.641. The molecule has 0 radical (unpaired) electrons. The summed E-state index contributed by atoms with van der Waals surface area (Å²) in [5, 5.41) is 2.02. The van der Waals surface area contributed by atoms with Crippen molar-refractivity contribution < 1.29 is 4.79 Å². The number of fused-ring (bicyclic) bond motifs is 1. The third kappa shape index (κ3) is 1.95. The van der Waals surface area contributed by atoms with Crippen LogP contribution in [0.25, 0.3) is 0 Å². The first-order valence-electron chi connectivity index (χ1n) is 6.17. The number of carbonyl (C=O) groups excluding carboxylic acids is 1. The monoisotopic (exact) mass is 257 g/mol. The molecule has 3 heteroatoms. The quantitative estimate of drug-likeness (QED) is 0.807. The molecule has 0 fully saturated rings. The van der Waals surface area contributed by atoms with Crippen LogP contribution in [0.15, 0.2) is 41.8 Å². The number of rotatable bonds is 2. The summed E-state index contributed by atoms with van der Waals surface area (Å²) < 4.78 is 0. The lowest BCUT2D eigenvalue weighted by Gasteiger charge is -2.17. The third-order valence-corrected chi connectivity index (χ3v) is 4.30. The Bertz CT molecular complexity index is 562. The van der Waals surface area contributed by atoms with Gasteiger partial charge in [0.1, 0.15) is 0 Å². The molecular formula is C15H15NOS. The summed E-state index contributed by atoms with van der Waals surface area (Å²) in [6, 6.07) is 12.2. The highest BCUT2D eigenvalue weighted by molar-refractivity contribution is 7.10. The predicted molar refractivity (Wildman–Crippen MR) is 75.2 cm³/mol. The van der Waals surface area contributed by atoms with Gasteiger partial charge in [-0.25, -0.2) is 0 Å². The number of benzene rings is 1. The van der Waals surface area contributed by atoms with Gasteiger partial charge in [0, 0.05) is 23.0 Å². The Kier molecular flexibility index (Phi) is 2.92. The van der Waals surface area contributed by atoms with Crippen LogP contribution in [0.1, 0.15) is 23.3 Å². The summed E-state index contributed by atoms with van der Waals surface area (Å²) in [7, 11) is 0. The van der Waals surface area contributed by atoms with Crippen molar-refractivity contribution in [3.63, 3.8) is 0 Å². The maximum absolute atomic E-state index is 12.4. The maximum Gasteiger partial charge on any atom is 0.232 e. The fourth-order valence-electron chi connectivity index (χ4n) is 2.51. The molecule has 18 heavy (non-hydrogen) atoms. The van der Waals surface area contributed by atoms with Crippen molar-refractivity contribution in [2.75, 3.05) is 11.4 Å². The SMILES string of the molecule is CC1CN(C(=O)Cc2cccs2)c2ccccc21. The standard InChI is InChI=1S/C15H15NOS/c1-11-10-16(14-7-3-2-6-13(11)14)15(17)9-12-5-4-8-18-12/h2-8,11H,9-10H2,1H3. The van der Waals surface area contributed by atoms with Crippen molar-refractivity contribution in [3.05, 3.63) is 52.2 Å². The van der Waals surface area contributed by atoms with E-state index in [4.69, 9.17) is 0 Å². The zero-order valence-electron chi connectivity index (χ0n) is 10.3. The average molecular weight is 257 g/mol. The largest absolute Gasteiger partial charge is 0.311 e. The van der Waals surface area contributed by atoms with Gasteiger partial charge >= 0.3 is 0 Å². The molecular weight excluding hydrogens is 242 g/mol. The summed E-state index contributed by atoms with van der Waals surface area (Å²) in [4.78, 5) is 15.4. The number of amides is 1. The smallest absolute Gasteiger partial charge is 0.232 e. The van der Waals surface area contributed by atoms with Crippen LogP contribution in [0.4, 0.5) is 5.69 Å². The van der Waals surface area contributed by atoms with E-state index in [2.05, 4.69) is 13.0 Å². The molecule has 2 heterocycles. The summed E-state index contributed by atoms with van der Waals surface area (Å²) in [6.45, 7) is 2.99. The van der Waals surface area contributed by atoms with Crippen molar-refractivity contribution in [2.45, 2.75) is 19.3 Å². The second-order valence-corrected chi connectivity index (χ2v) is 5.75. The van der Waals surface area contributed by atoms with Crippen molar-refractivity contribution in [1.82, 2.24) is 0 Å². The molecule has 1 amide bonds. The number of thiophene rings is 1. The molecule has 1 aliphatic heterocycles. The van der Waals surface area contributed by atoms with E-state index in [0.717, 1.165) is 17.1 Å². The van der Waals surface area contributed by atoms with E-state index in [1.54, 1.807) is 11.3 Å². The number of carbonyl (C=O) groups is 1. The van der Waals surface area contributed by atoms with Crippen LogP contribution in [-0.2, 0) is 11.2 Å². The van der Waals surface area contributed by atoms with Gasteiger partial charge in [-0.1, -0.05) is 31.2 Å². The molecule has 1 atom stereocenters. The topological polar surface area (TPSA) is 20.3 Å². The molecule has 1 aliphatic rings. The van der Waals surface area contributed by atoms with Gasteiger partial charge < -0.3 is 4.90 Å². The van der Waals surface area contributed by atoms with E-state index in [1.165, 1.54) is 5.56 Å². The molecule has 0 N–H and O–H groups in total. The molecule has 0 saturated carbocycles. The van der Waals surface area contributed by atoms with Gasteiger partial charge in [-0.05, 0) is 23.1 Å². The van der Waals surface area contributed by atoms with Crippen LogP contribution in [0.2, 0.25) is 0 Å². The second kappa shape index (κ2) is 4.58. The summed E-state index contributed by atoms with van der Waals surface area (Å²) in [6.07, 6.45) is 0.513. The van der Waals surface area contributed by atoms with Crippen LogP contribution >= 0.6 is 11.3 Å². The Morgan fingerprint density at radius 3 is 2.94 bits per heavy atom. The lowest BCUT2D eigenvalue weighted by Crippen LogP contribution is -2.30. The van der Waals surface area contributed by atoms with E-state index in [1.807, 2.05) is 40.6 Å². The Morgan fingerprint density at radius 1 is 1.33 bits per heavy atom. The first-order chi connectivity index (χ1) is 8.75. The average Bonchev–Trinajstić information content (AvgIpc) is 2.98. The number of para-hydroxylation sites is 1. The molecule has 2 aromatic rings. The van der Waals surface area contributed by atoms with E-state index < -0.39 is 0 Å². The zero-order chi connectivity index (χ0) is 12.5. The normalized spacial score (nSPS) is 17.8. The highest BCUT2D eigenvalue weighted by Crippen LogP contribution is 2.35. The van der Waals surface area contributed by atoms with Crippen molar-refractivity contribution in [1.29, 1.82) is 0 Å². The predicted octanol–water partition coefficient (Wildman–Crippen LogP) is 3.44. The molecule has 0 bridgehead atoms. The van der Waals surface area contributed by atoms with E-state index >= 15 is 0 Å². The molecule has 92 valence electrons. The molecule has 0 aliphatic carbocycles. The Hall–Kier alpha value is -1.61. The minimum atomic E-state index is 0.203. The number of nitrogens with zero attached hydrogens (tertiary/aromatic N) is 1. The van der Waals surface area contributed by atoms with Crippen LogP contribution in [-0.4, -0.2) is 12.5 Å². The van der Waals surface area contributed by atoms with Crippen molar-refractivity contribution >= 4 is 22.9 Å². The lowest BCUT2D eigenvalue weighted by molar-refractivity contribution is -0.117. The van der Waals surface area contributed by atoms with E-state index in [0.29, 0.717) is 12.3 Å². The first-order valence-corrected chi connectivity index (χ1v) is 7.05. The van der Waals surface area contributed by atoms with Crippen LogP contribution in [0, 0.1) is 0 Å². The molecule has 2 nitrogen and oxygen atoms in total. The van der Waals surface area contributed by atoms with Crippen LogP contribution < -0.4 is 4.90 Å². The number of anilines is 1. The Morgan fingerprint density at radius 2 is 2.17 bits per heavy atom. The van der Waals surface area contributed by atoms with Crippen molar-refractivity contribution in [2.24, 2.45) is 0 Å². The lowest BCUT2D eigenvalue weighted by atomic mass is 10.0. The highest BCUT2D eigenvalue weighted by atomic mass is 32.1. The maximum atomic E-state index is 12.4. The molecule has 0 spiro atoms. The Labute approximate surface area is 111 Å². The van der Waals surface area contributed by atoms with Crippen LogP contribution in [0.5, 0.6) is 0 Å². The third-order valence-electron chi connectivity index (χ3n) is 3.42. The highest BCUT2D eigenvalue weighted by Gasteiger charge is 2.29. The fraction of sp³-hybridized carbons (Fsp3) is 0.267. The van der Waals surface area contributed by atoms with Gasteiger partial charge in [0.05, 0.1) is 6.42 Å². The minimum absolute atomic E-state index is 0.203. The van der Waals surface area contributed by atoms with Gasteiger partial charge in [0.2, 0.25) is 5.91 Å². The molecule has 1 unspecified atom stereocenters. The van der Waals surface area contributed by atoms with Gasteiger partial charge in [0.25, 0.3) is 0 Å². The molecule has 3 rings (SSSR count). The summed E-state index contributed by atoms with van der Waals surface area (Å²) >= 11 is 1.64. The second-order valence-electron chi connectivity index (χ2n) is 4.72. The zero-order valence-corrected chi connectivity index (χ0v) is 11.1. The van der Waals surface area contributed by atoms with Gasteiger partial charge in [-0.3, -0.25) is 4.79 Å². The van der Waals surface area contributed by atoms with E-state index in [-0.39, 0.29) is 5.91 Å². The fourth-order valence-corrected chi connectivity index (χ4v) is 3.21. The van der Waals surface area contributed by atoms with Crippen LogP contribution in [0.3, 0.4) is 0 Å². The molecule has 1 aromatic carbocycles. The van der Waals surface area contributed by atoms with Crippen molar-refractivity contribution in [3.8, 4) is 0 Å². The van der Waals surface area contributed by atoms with Gasteiger partial charge in [-0.15, -0.1) is 11.3 Å². The first kappa shape index (κ1) is 11.5.